The van der Waals surface area contributed by atoms with Crippen molar-refractivity contribution in [3.05, 3.63) is 34.9 Å². The summed E-state index contributed by atoms with van der Waals surface area (Å²) in [6.45, 7) is 4.95. The van der Waals surface area contributed by atoms with Crippen molar-refractivity contribution in [1.29, 1.82) is 0 Å². The van der Waals surface area contributed by atoms with E-state index in [1.165, 1.54) is 6.07 Å². The van der Waals surface area contributed by atoms with E-state index in [0.717, 1.165) is 38.0 Å². The van der Waals surface area contributed by atoms with Crippen molar-refractivity contribution in [1.82, 2.24) is 4.90 Å². The Morgan fingerprint density at radius 1 is 1.30 bits per heavy atom. The van der Waals surface area contributed by atoms with Crippen LogP contribution in [0, 0.1) is 6.92 Å². The standard InChI is InChI=1S/C17H22F3NO2/c1-12-14(4-3-5-15(12)16(22)17(18,19)20)13-6-8-21(9-7-13)10-11-23-2/h3-5,13H,6-11H2,1-2H3. The number of methoxy groups -OCH3 is 1. The molecular weight excluding hydrogens is 307 g/mol. The van der Waals surface area contributed by atoms with E-state index in [0.29, 0.717) is 12.2 Å². The molecule has 0 spiro atoms. The molecule has 0 aromatic heterocycles. The first kappa shape index (κ1) is 17.9. The van der Waals surface area contributed by atoms with Crippen LogP contribution in [-0.2, 0) is 4.74 Å². The van der Waals surface area contributed by atoms with Crippen molar-refractivity contribution in [2.45, 2.75) is 31.9 Å². The molecule has 0 radical (unpaired) electrons. The molecule has 0 aliphatic carbocycles. The number of hydrogen-bond donors (Lipinski definition) is 0. The van der Waals surface area contributed by atoms with Gasteiger partial charge in [0.2, 0.25) is 0 Å². The van der Waals surface area contributed by atoms with E-state index in [2.05, 4.69) is 4.90 Å². The predicted molar refractivity (Wildman–Crippen MR) is 81.9 cm³/mol. The molecule has 1 aliphatic heterocycles. The molecule has 0 bridgehead atoms. The summed E-state index contributed by atoms with van der Waals surface area (Å²) in [6.07, 6.45) is -3.06. The number of likely N-dealkylation sites (tertiary alicyclic amines) is 1. The number of ketones is 1. The summed E-state index contributed by atoms with van der Waals surface area (Å²) in [7, 11) is 1.67. The smallest absolute Gasteiger partial charge is 0.383 e. The van der Waals surface area contributed by atoms with Crippen LogP contribution in [-0.4, -0.2) is 50.2 Å². The first-order valence-corrected chi connectivity index (χ1v) is 7.77. The number of ether oxygens (including phenoxy) is 1. The number of nitrogens with zero attached hydrogens (tertiary/aromatic N) is 1. The van der Waals surface area contributed by atoms with Gasteiger partial charge < -0.3 is 9.64 Å². The summed E-state index contributed by atoms with van der Waals surface area (Å²) in [5.74, 6) is -1.55. The lowest BCUT2D eigenvalue weighted by atomic mass is 9.84. The summed E-state index contributed by atoms with van der Waals surface area (Å²) < 4.78 is 43.1. The van der Waals surface area contributed by atoms with Crippen molar-refractivity contribution >= 4 is 5.78 Å². The topological polar surface area (TPSA) is 29.5 Å². The van der Waals surface area contributed by atoms with Crippen LogP contribution in [0.15, 0.2) is 18.2 Å². The van der Waals surface area contributed by atoms with Crippen molar-refractivity contribution in [3.8, 4) is 0 Å². The SMILES string of the molecule is COCCN1CCC(c2cccc(C(=O)C(F)(F)F)c2C)CC1. The van der Waals surface area contributed by atoms with E-state index in [-0.39, 0.29) is 11.5 Å². The highest BCUT2D eigenvalue weighted by Gasteiger charge is 2.40. The third-order valence-electron chi connectivity index (χ3n) is 4.52. The van der Waals surface area contributed by atoms with Crippen molar-refractivity contribution in [3.63, 3.8) is 0 Å². The molecule has 1 fully saturated rings. The lowest BCUT2D eigenvalue weighted by Crippen LogP contribution is -2.35. The summed E-state index contributed by atoms with van der Waals surface area (Å²) in [6, 6.07) is 4.67. The fraction of sp³-hybridized carbons (Fsp3) is 0.588. The van der Waals surface area contributed by atoms with Crippen LogP contribution in [0.1, 0.15) is 40.2 Å². The molecule has 128 valence electrons. The molecule has 6 heteroatoms. The van der Waals surface area contributed by atoms with Gasteiger partial charge in [-0.25, -0.2) is 0 Å². The number of halogens is 3. The molecule has 0 unspecified atom stereocenters. The highest BCUT2D eigenvalue weighted by Crippen LogP contribution is 2.33. The average Bonchev–Trinajstić information content (AvgIpc) is 2.52. The Kier molecular flexibility index (Phi) is 5.81. The zero-order valence-electron chi connectivity index (χ0n) is 13.4. The van der Waals surface area contributed by atoms with Gasteiger partial charge in [-0.1, -0.05) is 18.2 Å². The van der Waals surface area contributed by atoms with Gasteiger partial charge in [0.1, 0.15) is 0 Å². The van der Waals surface area contributed by atoms with Gasteiger partial charge in [-0.3, -0.25) is 4.79 Å². The van der Waals surface area contributed by atoms with Crippen LogP contribution in [0.25, 0.3) is 0 Å². The second kappa shape index (κ2) is 7.45. The van der Waals surface area contributed by atoms with Gasteiger partial charge in [-0.15, -0.1) is 0 Å². The molecule has 0 amide bonds. The third-order valence-corrected chi connectivity index (χ3v) is 4.52. The molecule has 1 heterocycles. The largest absolute Gasteiger partial charge is 0.454 e. The molecule has 1 saturated heterocycles. The van der Waals surface area contributed by atoms with Crippen LogP contribution >= 0.6 is 0 Å². The van der Waals surface area contributed by atoms with Gasteiger partial charge in [0.25, 0.3) is 5.78 Å². The van der Waals surface area contributed by atoms with E-state index in [1.807, 2.05) is 6.07 Å². The quantitative estimate of drug-likeness (QED) is 0.774. The van der Waals surface area contributed by atoms with E-state index in [9.17, 15) is 18.0 Å². The second-order valence-electron chi connectivity index (χ2n) is 5.96. The Morgan fingerprint density at radius 2 is 1.96 bits per heavy atom. The summed E-state index contributed by atoms with van der Waals surface area (Å²) in [4.78, 5) is 13.8. The van der Waals surface area contributed by atoms with E-state index in [1.54, 1.807) is 20.1 Å². The molecule has 1 aromatic rings. The van der Waals surface area contributed by atoms with Crippen LogP contribution in [0.5, 0.6) is 0 Å². The number of carbonyl (C=O) groups excluding carboxylic acids is 1. The molecule has 0 N–H and O–H groups in total. The molecule has 1 aromatic carbocycles. The minimum atomic E-state index is -4.83. The van der Waals surface area contributed by atoms with Crippen LogP contribution in [0.2, 0.25) is 0 Å². The Balaban J connectivity index is 2.12. The number of alkyl halides is 3. The maximum absolute atomic E-state index is 12.7. The van der Waals surface area contributed by atoms with Crippen LogP contribution in [0.4, 0.5) is 13.2 Å². The molecule has 0 saturated carbocycles. The average molecular weight is 329 g/mol. The molecule has 1 aliphatic rings. The normalized spacial score (nSPS) is 17.4. The van der Waals surface area contributed by atoms with E-state index < -0.39 is 12.0 Å². The van der Waals surface area contributed by atoms with Gasteiger partial charge in [-0.2, -0.15) is 13.2 Å². The van der Waals surface area contributed by atoms with Gasteiger partial charge in [0.05, 0.1) is 6.61 Å². The maximum Gasteiger partial charge on any atom is 0.454 e. The van der Waals surface area contributed by atoms with Gasteiger partial charge in [0.15, 0.2) is 0 Å². The highest BCUT2D eigenvalue weighted by molar-refractivity contribution is 6.01. The number of hydrogen-bond acceptors (Lipinski definition) is 3. The predicted octanol–water partition coefficient (Wildman–Crippen LogP) is 3.57. The fourth-order valence-electron chi connectivity index (χ4n) is 3.18. The molecular formula is C17H22F3NO2. The van der Waals surface area contributed by atoms with Crippen molar-refractivity contribution in [2.24, 2.45) is 0 Å². The maximum atomic E-state index is 12.7. The summed E-state index contributed by atoms with van der Waals surface area (Å²) in [5, 5.41) is 0. The zero-order chi connectivity index (χ0) is 17.0. The number of carbonyl (C=O) groups is 1. The van der Waals surface area contributed by atoms with Crippen LogP contribution < -0.4 is 0 Å². The lowest BCUT2D eigenvalue weighted by molar-refractivity contribution is -0.0885. The highest BCUT2D eigenvalue weighted by atomic mass is 19.4. The number of Topliss-reactive ketones (excluding diaryl/α,β-unsaturated/α-hetero) is 1. The van der Waals surface area contributed by atoms with E-state index in [4.69, 9.17) is 4.74 Å². The van der Waals surface area contributed by atoms with Crippen molar-refractivity contribution in [2.75, 3.05) is 33.4 Å². The monoisotopic (exact) mass is 329 g/mol. The Morgan fingerprint density at radius 3 is 2.52 bits per heavy atom. The first-order chi connectivity index (χ1) is 10.8. The Labute approximate surface area is 134 Å². The number of piperidine rings is 1. The Hall–Kier alpha value is -1.40. The summed E-state index contributed by atoms with van der Waals surface area (Å²) >= 11 is 0. The van der Waals surface area contributed by atoms with Gasteiger partial charge in [-0.05, 0) is 49.9 Å². The van der Waals surface area contributed by atoms with Crippen LogP contribution in [0.3, 0.4) is 0 Å². The second-order valence-corrected chi connectivity index (χ2v) is 5.96. The minimum absolute atomic E-state index is 0.203. The van der Waals surface area contributed by atoms with Gasteiger partial charge in [0, 0.05) is 19.2 Å². The minimum Gasteiger partial charge on any atom is -0.383 e. The molecule has 23 heavy (non-hydrogen) atoms. The van der Waals surface area contributed by atoms with E-state index >= 15 is 0 Å². The third kappa shape index (κ3) is 4.32. The molecule has 2 rings (SSSR count). The van der Waals surface area contributed by atoms with Crippen molar-refractivity contribution < 1.29 is 22.7 Å². The Bertz CT molecular complexity index is 549. The van der Waals surface area contributed by atoms with Gasteiger partial charge >= 0.3 is 6.18 Å². The summed E-state index contributed by atoms with van der Waals surface area (Å²) in [5.41, 5.74) is 1.11. The lowest BCUT2D eigenvalue weighted by Gasteiger charge is -2.32. The first-order valence-electron chi connectivity index (χ1n) is 7.77. The number of rotatable bonds is 5. The zero-order valence-corrected chi connectivity index (χ0v) is 13.4. The molecule has 3 nitrogen and oxygen atoms in total. The number of benzene rings is 1. The fourth-order valence-corrected chi connectivity index (χ4v) is 3.18. The molecule has 0 atom stereocenters.